The summed E-state index contributed by atoms with van der Waals surface area (Å²) >= 11 is 1.49. The Kier molecular flexibility index (Phi) is 4.06. The fraction of sp³-hybridized carbons (Fsp3) is 0.333. The molecule has 110 valence electrons. The van der Waals surface area contributed by atoms with Gasteiger partial charge in [0.2, 0.25) is 0 Å². The van der Waals surface area contributed by atoms with Gasteiger partial charge >= 0.3 is 5.97 Å². The van der Waals surface area contributed by atoms with Crippen molar-refractivity contribution in [1.29, 1.82) is 0 Å². The van der Waals surface area contributed by atoms with Crippen LogP contribution in [0.5, 0.6) is 5.75 Å². The summed E-state index contributed by atoms with van der Waals surface area (Å²) in [6.07, 6.45) is 0.212. The lowest BCUT2D eigenvalue weighted by Gasteiger charge is -2.09. The van der Waals surface area contributed by atoms with Crippen molar-refractivity contribution in [1.82, 2.24) is 4.98 Å². The van der Waals surface area contributed by atoms with Crippen molar-refractivity contribution in [3.8, 4) is 5.75 Å². The molecule has 2 aromatic rings. The summed E-state index contributed by atoms with van der Waals surface area (Å²) in [5, 5.41) is 6.02. The minimum Gasteiger partial charge on any atom is -0.491 e. The number of ether oxygens (including phenoxy) is 2. The summed E-state index contributed by atoms with van der Waals surface area (Å²) in [5.41, 5.74) is 1.87. The normalized spacial score (nSPS) is 16.1. The summed E-state index contributed by atoms with van der Waals surface area (Å²) in [5.74, 6) is 0.669. The second-order valence-electron chi connectivity index (χ2n) is 4.67. The summed E-state index contributed by atoms with van der Waals surface area (Å²) in [7, 11) is 0. The van der Waals surface area contributed by atoms with Crippen LogP contribution in [0.4, 0.5) is 5.13 Å². The van der Waals surface area contributed by atoms with Crippen LogP contribution in [0.2, 0.25) is 0 Å². The van der Waals surface area contributed by atoms with Crippen LogP contribution in [0.1, 0.15) is 24.2 Å². The number of aromatic nitrogens is 1. The number of hydrogen-bond acceptors (Lipinski definition) is 6. The number of thiazole rings is 1. The van der Waals surface area contributed by atoms with Crippen LogP contribution in [0.25, 0.3) is 0 Å². The van der Waals surface area contributed by atoms with E-state index in [0.29, 0.717) is 13.2 Å². The first-order valence-corrected chi connectivity index (χ1v) is 7.72. The predicted molar refractivity (Wildman–Crippen MR) is 80.8 cm³/mol. The lowest BCUT2D eigenvalue weighted by Crippen LogP contribution is -2.12. The Labute approximate surface area is 126 Å². The summed E-state index contributed by atoms with van der Waals surface area (Å²) in [6, 6.07) is 8.07. The van der Waals surface area contributed by atoms with E-state index in [1.807, 2.05) is 29.6 Å². The van der Waals surface area contributed by atoms with Crippen LogP contribution in [-0.2, 0) is 16.0 Å². The third-order valence-corrected chi connectivity index (χ3v) is 4.00. The molecule has 6 heteroatoms. The zero-order valence-electron chi connectivity index (χ0n) is 11.7. The van der Waals surface area contributed by atoms with E-state index in [9.17, 15) is 4.79 Å². The highest BCUT2D eigenvalue weighted by Gasteiger charge is 2.24. The molecule has 0 amide bonds. The molecule has 0 fully saturated rings. The molecule has 0 bridgehead atoms. The van der Waals surface area contributed by atoms with Crippen molar-refractivity contribution >= 4 is 22.4 Å². The molecule has 0 spiro atoms. The Balaban J connectivity index is 1.64. The molecule has 0 saturated heterocycles. The van der Waals surface area contributed by atoms with Crippen LogP contribution < -0.4 is 10.1 Å². The molecule has 1 aromatic carbocycles. The Morgan fingerprint density at radius 1 is 1.52 bits per heavy atom. The third kappa shape index (κ3) is 3.16. The van der Waals surface area contributed by atoms with Crippen molar-refractivity contribution in [2.24, 2.45) is 0 Å². The Morgan fingerprint density at radius 3 is 3.24 bits per heavy atom. The summed E-state index contributed by atoms with van der Waals surface area (Å²) in [6.45, 7) is 2.78. The Morgan fingerprint density at radius 2 is 2.38 bits per heavy atom. The number of nitrogens with zero attached hydrogens (tertiary/aromatic N) is 1. The van der Waals surface area contributed by atoms with Gasteiger partial charge in [-0.2, -0.15) is 0 Å². The number of anilines is 1. The van der Waals surface area contributed by atoms with Crippen molar-refractivity contribution in [3.63, 3.8) is 0 Å². The third-order valence-electron chi connectivity index (χ3n) is 3.18. The van der Waals surface area contributed by atoms with E-state index >= 15 is 0 Å². The number of nitrogens with one attached hydrogen (secondary N) is 1. The van der Waals surface area contributed by atoms with Crippen LogP contribution in [-0.4, -0.2) is 24.2 Å². The minimum absolute atomic E-state index is 0.0998. The van der Waals surface area contributed by atoms with Gasteiger partial charge in [-0.25, -0.2) is 4.98 Å². The van der Waals surface area contributed by atoms with Gasteiger partial charge in [-0.15, -0.1) is 11.3 Å². The monoisotopic (exact) mass is 304 g/mol. The van der Waals surface area contributed by atoms with Crippen molar-refractivity contribution in [3.05, 3.63) is 40.9 Å². The van der Waals surface area contributed by atoms with Gasteiger partial charge < -0.3 is 14.8 Å². The van der Waals surface area contributed by atoms with Gasteiger partial charge in [-0.1, -0.05) is 18.2 Å². The number of benzene rings is 1. The molecule has 1 N–H and O–H groups in total. The Hall–Kier alpha value is -2.08. The number of carbonyl (C=O) groups is 1. The molecule has 2 heterocycles. The molecule has 5 nitrogen and oxygen atoms in total. The van der Waals surface area contributed by atoms with Gasteiger partial charge in [-0.05, 0) is 13.0 Å². The lowest BCUT2D eigenvalue weighted by atomic mass is 10.1. The highest BCUT2D eigenvalue weighted by atomic mass is 32.1. The molecule has 1 aromatic heterocycles. The molecular weight excluding hydrogens is 288 g/mol. The van der Waals surface area contributed by atoms with Gasteiger partial charge in [0, 0.05) is 10.9 Å². The molecule has 21 heavy (non-hydrogen) atoms. The van der Waals surface area contributed by atoms with E-state index in [0.717, 1.165) is 22.1 Å². The largest absolute Gasteiger partial charge is 0.491 e. The Bertz CT molecular complexity index is 641. The number of fused-ring (bicyclic) bond motifs is 1. The van der Waals surface area contributed by atoms with Gasteiger partial charge in [0.25, 0.3) is 0 Å². The summed E-state index contributed by atoms with van der Waals surface area (Å²) < 4.78 is 10.5. The molecule has 1 aliphatic heterocycles. The molecule has 0 saturated carbocycles. The van der Waals surface area contributed by atoms with E-state index in [-0.39, 0.29) is 18.4 Å². The van der Waals surface area contributed by atoms with Crippen LogP contribution in [0, 0.1) is 0 Å². The molecule has 3 rings (SSSR count). The quantitative estimate of drug-likeness (QED) is 0.861. The van der Waals surface area contributed by atoms with Crippen LogP contribution >= 0.6 is 11.3 Å². The molecule has 0 aliphatic carbocycles. The standard InChI is InChI=1S/C15H16N2O3S/c1-2-19-14(18)7-10-9-21-15(16-10)17-12-8-20-13-6-4-3-5-11(12)13/h3-6,9,12H,2,7-8H2,1H3,(H,16,17). The smallest absolute Gasteiger partial charge is 0.311 e. The van der Waals surface area contributed by atoms with E-state index < -0.39 is 0 Å². The van der Waals surface area contributed by atoms with Crippen LogP contribution in [0.3, 0.4) is 0 Å². The first kappa shape index (κ1) is 13.9. The van der Waals surface area contributed by atoms with E-state index in [4.69, 9.17) is 9.47 Å². The van der Waals surface area contributed by atoms with E-state index in [1.54, 1.807) is 6.92 Å². The average molecular weight is 304 g/mol. The molecule has 1 aliphatic rings. The zero-order valence-corrected chi connectivity index (χ0v) is 12.5. The average Bonchev–Trinajstić information content (AvgIpc) is 3.07. The fourth-order valence-corrected chi connectivity index (χ4v) is 3.01. The van der Waals surface area contributed by atoms with E-state index in [1.165, 1.54) is 11.3 Å². The second-order valence-corrected chi connectivity index (χ2v) is 5.53. The van der Waals surface area contributed by atoms with Gasteiger partial charge in [0.15, 0.2) is 5.13 Å². The van der Waals surface area contributed by atoms with Crippen molar-refractivity contribution < 1.29 is 14.3 Å². The summed E-state index contributed by atoms with van der Waals surface area (Å²) in [4.78, 5) is 15.9. The number of para-hydroxylation sites is 1. The number of rotatable bonds is 5. The first-order valence-electron chi connectivity index (χ1n) is 6.84. The number of hydrogen-bond donors (Lipinski definition) is 1. The van der Waals surface area contributed by atoms with Gasteiger partial charge in [-0.3, -0.25) is 4.79 Å². The molecule has 1 atom stereocenters. The van der Waals surface area contributed by atoms with Gasteiger partial charge in [0.1, 0.15) is 12.4 Å². The maximum atomic E-state index is 11.4. The maximum Gasteiger partial charge on any atom is 0.311 e. The molecular formula is C15H16N2O3S. The fourth-order valence-electron chi connectivity index (χ4n) is 2.25. The predicted octanol–water partition coefficient (Wildman–Crippen LogP) is 2.79. The first-order chi connectivity index (χ1) is 10.3. The SMILES string of the molecule is CCOC(=O)Cc1csc(NC2COc3ccccc32)n1. The minimum atomic E-state index is -0.246. The second kappa shape index (κ2) is 6.13. The molecule has 1 unspecified atom stereocenters. The topological polar surface area (TPSA) is 60.5 Å². The van der Waals surface area contributed by atoms with E-state index in [2.05, 4.69) is 10.3 Å². The number of esters is 1. The highest BCUT2D eigenvalue weighted by molar-refractivity contribution is 7.13. The lowest BCUT2D eigenvalue weighted by molar-refractivity contribution is -0.142. The van der Waals surface area contributed by atoms with Crippen LogP contribution in [0.15, 0.2) is 29.6 Å². The van der Waals surface area contributed by atoms with Crippen molar-refractivity contribution in [2.45, 2.75) is 19.4 Å². The zero-order chi connectivity index (χ0) is 14.7. The molecule has 0 radical (unpaired) electrons. The van der Waals surface area contributed by atoms with Crippen molar-refractivity contribution in [2.75, 3.05) is 18.5 Å². The highest BCUT2D eigenvalue weighted by Crippen LogP contribution is 2.34. The maximum absolute atomic E-state index is 11.4. The number of carbonyl (C=O) groups excluding carboxylic acids is 1. The van der Waals surface area contributed by atoms with Gasteiger partial charge in [0.05, 0.1) is 24.8 Å².